The molecule has 2 aromatic rings. The Morgan fingerprint density at radius 2 is 2.00 bits per heavy atom. The van der Waals surface area contributed by atoms with Crippen molar-refractivity contribution < 1.29 is 4.79 Å². The molecule has 1 fully saturated rings. The van der Waals surface area contributed by atoms with Crippen LogP contribution in [0.5, 0.6) is 0 Å². The predicted octanol–water partition coefficient (Wildman–Crippen LogP) is 2.13. The van der Waals surface area contributed by atoms with Gasteiger partial charge in [-0.2, -0.15) is 5.10 Å². The van der Waals surface area contributed by atoms with Gasteiger partial charge >= 0.3 is 0 Å². The van der Waals surface area contributed by atoms with E-state index in [1.54, 1.807) is 6.92 Å². The minimum atomic E-state index is 0.156. The number of benzene rings is 1. The van der Waals surface area contributed by atoms with Crippen LogP contribution in [0.4, 0.5) is 0 Å². The molecule has 0 radical (unpaired) electrons. The van der Waals surface area contributed by atoms with Crippen molar-refractivity contribution in [1.29, 1.82) is 0 Å². The molecule has 1 aliphatic rings. The molecule has 0 saturated carbocycles. The van der Waals surface area contributed by atoms with Crippen LogP contribution in [0.25, 0.3) is 0 Å². The van der Waals surface area contributed by atoms with E-state index in [2.05, 4.69) is 41.2 Å². The number of hydrogen-bond acceptors (Lipinski definition) is 3. The lowest BCUT2D eigenvalue weighted by molar-refractivity contribution is -0.132. The highest BCUT2D eigenvalue weighted by atomic mass is 16.2. The van der Waals surface area contributed by atoms with E-state index in [4.69, 9.17) is 0 Å². The molecule has 1 saturated heterocycles. The van der Waals surface area contributed by atoms with Crippen molar-refractivity contribution in [2.45, 2.75) is 26.4 Å². The van der Waals surface area contributed by atoms with Gasteiger partial charge in [0, 0.05) is 51.4 Å². The van der Waals surface area contributed by atoms with Crippen LogP contribution >= 0.6 is 0 Å². The van der Waals surface area contributed by atoms with E-state index >= 15 is 0 Å². The molecule has 3 rings (SSSR count). The van der Waals surface area contributed by atoms with E-state index in [1.807, 2.05) is 28.9 Å². The summed E-state index contributed by atoms with van der Waals surface area (Å²) in [6.07, 6.45) is 1.95. The molecule has 1 atom stereocenters. The zero-order valence-electron chi connectivity index (χ0n) is 14.1. The van der Waals surface area contributed by atoms with Crippen LogP contribution in [-0.4, -0.2) is 45.1 Å². The summed E-state index contributed by atoms with van der Waals surface area (Å²) in [6.45, 7) is 7.05. The molecular weight excluding hydrogens is 288 g/mol. The molecule has 1 amide bonds. The van der Waals surface area contributed by atoms with E-state index in [0.717, 1.165) is 26.2 Å². The first-order valence-electron chi connectivity index (χ1n) is 8.08. The van der Waals surface area contributed by atoms with Crippen LogP contribution in [0.2, 0.25) is 0 Å². The summed E-state index contributed by atoms with van der Waals surface area (Å²) in [5.41, 5.74) is 3.72. The van der Waals surface area contributed by atoms with Crippen molar-refractivity contribution in [3.05, 3.63) is 53.3 Å². The zero-order chi connectivity index (χ0) is 16.4. The second kappa shape index (κ2) is 6.54. The molecule has 1 aromatic carbocycles. The van der Waals surface area contributed by atoms with E-state index in [9.17, 15) is 4.79 Å². The van der Waals surface area contributed by atoms with Crippen molar-refractivity contribution in [3.63, 3.8) is 0 Å². The van der Waals surface area contributed by atoms with Crippen LogP contribution in [0.1, 0.15) is 29.8 Å². The van der Waals surface area contributed by atoms with E-state index in [-0.39, 0.29) is 11.9 Å². The van der Waals surface area contributed by atoms with E-state index < -0.39 is 0 Å². The Hall–Kier alpha value is -2.14. The Morgan fingerprint density at radius 3 is 2.61 bits per heavy atom. The third-order valence-corrected chi connectivity index (χ3v) is 4.83. The summed E-state index contributed by atoms with van der Waals surface area (Å²) in [4.78, 5) is 16.2. The fourth-order valence-electron chi connectivity index (χ4n) is 3.21. The molecule has 0 spiro atoms. The molecule has 0 N–H and O–H groups in total. The number of carbonyl (C=O) groups is 1. The number of aryl methyl sites for hydroxylation is 1. The van der Waals surface area contributed by atoms with Crippen LogP contribution < -0.4 is 0 Å². The first kappa shape index (κ1) is 15.7. The Kier molecular flexibility index (Phi) is 4.48. The average molecular weight is 312 g/mol. The van der Waals surface area contributed by atoms with Crippen molar-refractivity contribution in [3.8, 4) is 0 Å². The number of nitrogens with zero attached hydrogens (tertiary/aromatic N) is 4. The standard InChI is InChI=1S/C18H24N4O/c1-14-17(11-19-20(14)3)12-22-10-9-21(15(2)23)13-18(22)16-7-5-4-6-8-16/h4-8,11,18H,9-10,12-13H2,1-3H3/t18-/m0/s1. The van der Waals surface area contributed by atoms with Crippen molar-refractivity contribution in [1.82, 2.24) is 19.6 Å². The lowest BCUT2D eigenvalue weighted by atomic mass is 10.0. The predicted molar refractivity (Wildman–Crippen MR) is 89.8 cm³/mol. The van der Waals surface area contributed by atoms with Crippen molar-refractivity contribution in [2.24, 2.45) is 7.05 Å². The molecular formula is C18H24N4O. The maximum atomic E-state index is 11.8. The Morgan fingerprint density at radius 1 is 1.26 bits per heavy atom. The molecule has 0 aliphatic carbocycles. The maximum Gasteiger partial charge on any atom is 0.219 e. The van der Waals surface area contributed by atoms with Gasteiger partial charge in [0.15, 0.2) is 0 Å². The van der Waals surface area contributed by atoms with Gasteiger partial charge in [0.25, 0.3) is 0 Å². The maximum absolute atomic E-state index is 11.8. The minimum absolute atomic E-state index is 0.156. The molecule has 23 heavy (non-hydrogen) atoms. The van der Waals surface area contributed by atoms with Gasteiger partial charge in [-0.1, -0.05) is 30.3 Å². The number of aromatic nitrogens is 2. The molecule has 0 bridgehead atoms. The van der Waals surface area contributed by atoms with Crippen LogP contribution in [0, 0.1) is 6.92 Å². The summed E-state index contributed by atoms with van der Waals surface area (Å²) in [7, 11) is 1.97. The second-order valence-electron chi connectivity index (χ2n) is 6.24. The lowest BCUT2D eigenvalue weighted by Crippen LogP contribution is -2.49. The van der Waals surface area contributed by atoms with Crippen LogP contribution in [0.15, 0.2) is 36.5 Å². The van der Waals surface area contributed by atoms with Gasteiger partial charge in [-0.05, 0) is 12.5 Å². The molecule has 1 aromatic heterocycles. The monoisotopic (exact) mass is 312 g/mol. The largest absolute Gasteiger partial charge is 0.340 e. The highest BCUT2D eigenvalue weighted by Gasteiger charge is 2.29. The van der Waals surface area contributed by atoms with Gasteiger partial charge in [-0.15, -0.1) is 0 Å². The summed E-state index contributed by atoms with van der Waals surface area (Å²) >= 11 is 0. The van der Waals surface area contributed by atoms with Gasteiger partial charge < -0.3 is 4.90 Å². The number of hydrogen-bond donors (Lipinski definition) is 0. The van der Waals surface area contributed by atoms with Gasteiger partial charge in [-0.25, -0.2) is 0 Å². The molecule has 122 valence electrons. The molecule has 5 nitrogen and oxygen atoms in total. The fraction of sp³-hybridized carbons (Fsp3) is 0.444. The zero-order valence-corrected chi connectivity index (χ0v) is 14.1. The van der Waals surface area contributed by atoms with Gasteiger partial charge in [0.05, 0.1) is 12.2 Å². The second-order valence-corrected chi connectivity index (χ2v) is 6.24. The summed E-state index contributed by atoms with van der Waals surface area (Å²) in [5, 5.41) is 4.35. The molecule has 5 heteroatoms. The lowest BCUT2D eigenvalue weighted by Gasteiger charge is -2.41. The number of rotatable bonds is 3. The molecule has 1 aliphatic heterocycles. The van der Waals surface area contributed by atoms with Crippen LogP contribution in [-0.2, 0) is 18.4 Å². The topological polar surface area (TPSA) is 41.4 Å². The highest BCUT2D eigenvalue weighted by molar-refractivity contribution is 5.73. The van der Waals surface area contributed by atoms with Gasteiger partial charge in [0.1, 0.15) is 0 Å². The normalized spacial score (nSPS) is 19.1. The third kappa shape index (κ3) is 3.29. The fourth-order valence-corrected chi connectivity index (χ4v) is 3.21. The number of carbonyl (C=O) groups excluding carboxylic acids is 1. The molecule has 2 heterocycles. The summed E-state index contributed by atoms with van der Waals surface area (Å²) < 4.78 is 1.92. The minimum Gasteiger partial charge on any atom is -0.340 e. The first-order valence-corrected chi connectivity index (χ1v) is 8.08. The van der Waals surface area contributed by atoms with Crippen molar-refractivity contribution >= 4 is 5.91 Å². The quantitative estimate of drug-likeness (QED) is 0.872. The Bertz CT molecular complexity index is 680. The van der Waals surface area contributed by atoms with E-state index in [0.29, 0.717) is 0 Å². The Labute approximate surface area is 137 Å². The Balaban J connectivity index is 1.85. The average Bonchev–Trinajstić information content (AvgIpc) is 2.88. The number of amides is 1. The smallest absolute Gasteiger partial charge is 0.219 e. The van der Waals surface area contributed by atoms with E-state index in [1.165, 1.54) is 16.8 Å². The van der Waals surface area contributed by atoms with Gasteiger partial charge in [-0.3, -0.25) is 14.4 Å². The summed E-state index contributed by atoms with van der Waals surface area (Å²) in [6, 6.07) is 10.7. The SMILES string of the molecule is CC(=O)N1CCN(Cc2cnn(C)c2C)[C@H](c2ccccc2)C1. The van der Waals surface area contributed by atoms with Crippen LogP contribution in [0.3, 0.4) is 0 Å². The third-order valence-electron chi connectivity index (χ3n) is 4.83. The molecule has 0 unspecified atom stereocenters. The first-order chi connectivity index (χ1) is 11.1. The number of piperazine rings is 1. The van der Waals surface area contributed by atoms with Gasteiger partial charge in [0.2, 0.25) is 5.91 Å². The summed E-state index contributed by atoms with van der Waals surface area (Å²) in [5.74, 6) is 0.156. The highest BCUT2D eigenvalue weighted by Crippen LogP contribution is 2.27. The van der Waals surface area contributed by atoms with Crippen molar-refractivity contribution in [2.75, 3.05) is 19.6 Å².